The molecule has 0 rings (SSSR count). The molecule has 0 heterocycles. The molecule has 0 radical (unpaired) electrons. The number of hydrogen-bond donors (Lipinski definition) is 1. The minimum Gasteiger partial charge on any atom is -0.274 e. The fourth-order valence-electron chi connectivity index (χ4n) is 0.640. The number of rotatable bonds is 6. The van der Waals surface area contributed by atoms with Crippen molar-refractivity contribution in [2.24, 2.45) is 0 Å². The molecule has 0 aromatic heterocycles. The van der Waals surface area contributed by atoms with Crippen molar-refractivity contribution in [1.29, 1.82) is 0 Å². The Labute approximate surface area is 78.7 Å². The third-order valence-corrected chi connectivity index (χ3v) is 2.11. The summed E-state index contributed by atoms with van der Waals surface area (Å²) in [6, 6.07) is 0. The van der Waals surface area contributed by atoms with Gasteiger partial charge in [-0.3, -0.25) is 8.98 Å². The largest absolute Gasteiger partial charge is 0.362 e. The lowest BCUT2D eigenvalue weighted by atomic mass is 10.3. The summed E-state index contributed by atoms with van der Waals surface area (Å²) < 4.78 is 28.1. The van der Waals surface area contributed by atoms with Gasteiger partial charge in [-0.05, 0) is 12.8 Å². The standard InChI is InChI=1S/C7H15NO4S/c1-3-5-7(9)8-13(10,11)12-6-4-2/h3-6H2,1-2H3,(H,8,9). The van der Waals surface area contributed by atoms with Gasteiger partial charge in [0.1, 0.15) is 0 Å². The van der Waals surface area contributed by atoms with Crippen LogP contribution < -0.4 is 4.72 Å². The lowest BCUT2D eigenvalue weighted by Crippen LogP contribution is -2.31. The van der Waals surface area contributed by atoms with E-state index < -0.39 is 16.2 Å². The van der Waals surface area contributed by atoms with E-state index in [9.17, 15) is 13.2 Å². The van der Waals surface area contributed by atoms with Crippen LogP contribution in [0.2, 0.25) is 0 Å². The molecular weight excluding hydrogens is 194 g/mol. The van der Waals surface area contributed by atoms with Crippen molar-refractivity contribution in [2.75, 3.05) is 6.61 Å². The average Bonchev–Trinajstić information content (AvgIpc) is 2.00. The average molecular weight is 209 g/mol. The van der Waals surface area contributed by atoms with Crippen LogP contribution in [0.15, 0.2) is 0 Å². The Morgan fingerprint density at radius 2 is 1.92 bits per heavy atom. The highest BCUT2D eigenvalue weighted by Gasteiger charge is 2.13. The van der Waals surface area contributed by atoms with Crippen LogP contribution in [0, 0.1) is 0 Å². The molecule has 13 heavy (non-hydrogen) atoms. The number of hydrogen-bond acceptors (Lipinski definition) is 4. The van der Waals surface area contributed by atoms with E-state index in [-0.39, 0.29) is 13.0 Å². The topological polar surface area (TPSA) is 72.5 Å². The zero-order valence-corrected chi connectivity index (χ0v) is 8.69. The van der Waals surface area contributed by atoms with Gasteiger partial charge in [0.05, 0.1) is 6.61 Å². The minimum atomic E-state index is -3.86. The van der Waals surface area contributed by atoms with E-state index in [2.05, 4.69) is 4.18 Å². The van der Waals surface area contributed by atoms with Gasteiger partial charge in [-0.1, -0.05) is 13.8 Å². The second kappa shape index (κ2) is 5.93. The van der Waals surface area contributed by atoms with E-state index in [0.717, 1.165) is 0 Å². The molecule has 0 aliphatic heterocycles. The van der Waals surface area contributed by atoms with Crippen molar-refractivity contribution >= 4 is 16.2 Å². The molecule has 0 spiro atoms. The fourth-order valence-corrected chi connectivity index (χ4v) is 1.47. The molecule has 0 fully saturated rings. The fraction of sp³-hybridized carbons (Fsp3) is 0.857. The van der Waals surface area contributed by atoms with Gasteiger partial charge in [-0.15, -0.1) is 0 Å². The minimum absolute atomic E-state index is 0.0920. The van der Waals surface area contributed by atoms with Gasteiger partial charge in [0, 0.05) is 6.42 Å². The smallest absolute Gasteiger partial charge is 0.274 e. The predicted octanol–water partition coefficient (Wildman–Crippen LogP) is 0.574. The van der Waals surface area contributed by atoms with Crippen LogP contribution in [-0.4, -0.2) is 20.9 Å². The van der Waals surface area contributed by atoms with Crippen LogP contribution in [0.5, 0.6) is 0 Å². The molecule has 1 N–H and O–H groups in total. The number of amides is 1. The maximum atomic E-state index is 10.9. The van der Waals surface area contributed by atoms with Crippen molar-refractivity contribution in [3.05, 3.63) is 0 Å². The van der Waals surface area contributed by atoms with Crippen LogP contribution in [0.4, 0.5) is 0 Å². The summed E-state index contributed by atoms with van der Waals surface area (Å²) in [5.41, 5.74) is 0. The van der Waals surface area contributed by atoms with Crippen LogP contribution in [0.25, 0.3) is 0 Å². The Balaban J connectivity index is 3.95. The van der Waals surface area contributed by atoms with E-state index in [0.29, 0.717) is 12.8 Å². The molecular formula is C7H15NO4S. The van der Waals surface area contributed by atoms with Crippen LogP contribution in [0.3, 0.4) is 0 Å². The van der Waals surface area contributed by atoms with Crippen molar-refractivity contribution in [3.63, 3.8) is 0 Å². The quantitative estimate of drug-likeness (QED) is 0.694. The van der Waals surface area contributed by atoms with Gasteiger partial charge in [-0.2, -0.15) is 8.42 Å². The van der Waals surface area contributed by atoms with E-state index in [1.807, 2.05) is 0 Å². The van der Waals surface area contributed by atoms with Crippen molar-refractivity contribution < 1.29 is 17.4 Å². The first-order valence-electron chi connectivity index (χ1n) is 4.21. The second-order valence-electron chi connectivity index (χ2n) is 2.55. The third-order valence-electron chi connectivity index (χ3n) is 1.16. The second-order valence-corrected chi connectivity index (χ2v) is 3.90. The van der Waals surface area contributed by atoms with E-state index in [4.69, 9.17) is 0 Å². The van der Waals surface area contributed by atoms with Gasteiger partial charge in [0.15, 0.2) is 0 Å². The first kappa shape index (κ1) is 12.4. The highest BCUT2D eigenvalue weighted by atomic mass is 32.2. The van der Waals surface area contributed by atoms with Gasteiger partial charge in [-0.25, -0.2) is 4.72 Å². The maximum absolute atomic E-state index is 10.9. The Hall–Kier alpha value is -0.620. The highest BCUT2D eigenvalue weighted by molar-refractivity contribution is 7.85. The van der Waals surface area contributed by atoms with Gasteiger partial charge < -0.3 is 0 Å². The summed E-state index contributed by atoms with van der Waals surface area (Å²) in [7, 11) is -3.86. The van der Waals surface area contributed by atoms with Gasteiger partial charge >= 0.3 is 10.3 Å². The molecule has 0 aromatic rings. The van der Waals surface area contributed by atoms with Crippen LogP contribution >= 0.6 is 0 Å². The van der Waals surface area contributed by atoms with Gasteiger partial charge in [0.25, 0.3) is 0 Å². The summed E-state index contributed by atoms with van der Waals surface area (Å²) in [4.78, 5) is 10.9. The number of nitrogens with one attached hydrogen (secondary N) is 1. The molecule has 0 bridgehead atoms. The molecule has 0 aliphatic rings. The SMILES string of the molecule is CCCOS(=O)(=O)NC(=O)CCC. The molecule has 0 saturated carbocycles. The first-order chi connectivity index (χ1) is 6.02. The Kier molecular flexibility index (Phi) is 5.65. The normalized spacial score (nSPS) is 11.2. The van der Waals surface area contributed by atoms with E-state index >= 15 is 0 Å². The highest BCUT2D eigenvalue weighted by Crippen LogP contribution is 1.93. The molecule has 6 heteroatoms. The van der Waals surface area contributed by atoms with E-state index in [1.165, 1.54) is 0 Å². The molecule has 78 valence electrons. The number of carbonyl (C=O) groups is 1. The molecule has 0 unspecified atom stereocenters. The lowest BCUT2D eigenvalue weighted by Gasteiger charge is -2.04. The van der Waals surface area contributed by atoms with Crippen molar-refractivity contribution in [3.8, 4) is 0 Å². The number of carbonyl (C=O) groups excluding carboxylic acids is 1. The predicted molar refractivity (Wildman–Crippen MR) is 48.2 cm³/mol. The summed E-state index contributed by atoms with van der Waals surface area (Å²) in [5, 5.41) is 0. The summed E-state index contributed by atoms with van der Waals surface area (Å²) in [6.45, 7) is 3.66. The Bertz CT molecular complexity index is 247. The van der Waals surface area contributed by atoms with E-state index in [1.54, 1.807) is 18.6 Å². The molecule has 1 amide bonds. The summed E-state index contributed by atoms with van der Waals surface area (Å²) in [5.74, 6) is -0.529. The van der Waals surface area contributed by atoms with Crippen LogP contribution in [-0.2, 0) is 19.3 Å². The molecule has 0 aromatic carbocycles. The third kappa shape index (κ3) is 6.53. The van der Waals surface area contributed by atoms with Crippen LogP contribution in [0.1, 0.15) is 33.1 Å². The summed E-state index contributed by atoms with van der Waals surface area (Å²) >= 11 is 0. The van der Waals surface area contributed by atoms with Gasteiger partial charge in [0.2, 0.25) is 5.91 Å². The monoisotopic (exact) mass is 209 g/mol. The molecule has 5 nitrogen and oxygen atoms in total. The van der Waals surface area contributed by atoms with Crippen molar-refractivity contribution in [1.82, 2.24) is 4.72 Å². The lowest BCUT2D eigenvalue weighted by molar-refractivity contribution is -0.119. The molecule has 0 aliphatic carbocycles. The maximum Gasteiger partial charge on any atom is 0.362 e. The summed E-state index contributed by atoms with van der Waals surface area (Å²) in [6.07, 6.45) is 1.38. The zero-order chi connectivity index (χ0) is 10.3. The zero-order valence-electron chi connectivity index (χ0n) is 7.87. The first-order valence-corrected chi connectivity index (χ1v) is 5.62. The molecule has 0 atom stereocenters. The Morgan fingerprint density at radius 1 is 1.31 bits per heavy atom. The Morgan fingerprint density at radius 3 is 2.38 bits per heavy atom. The molecule has 0 saturated heterocycles. The van der Waals surface area contributed by atoms with Crippen molar-refractivity contribution in [2.45, 2.75) is 33.1 Å².